The molecule has 0 aliphatic heterocycles. The van der Waals surface area contributed by atoms with Crippen molar-refractivity contribution in [2.24, 2.45) is 5.84 Å². The van der Waals surface area contributed by atoms with Gasteiger partial charge in [-0.1, -0.05) is 6.07 Å². The number of benzene rings is 1. The smallest absolute Gasteiger partial charge is 0.129 e. The summed E-state index contributed by atoms with van der Waals surface area (Å²) < 4.78 is 32.1. The Kier molecular flexibility index (Phi) is 3.51. The minimum atomic E-state index is -0.586. The Morgan fingerprint density at radius 1 is 1.18 bits per heavy atom. The van der Waals surface area contributed by atoms with Crippen LogP contribution in [0.5, 0.6) is 0 Å². The molecule has 0 amide bonds. The summed E-state index contributed by atoms with van der Waals surface area (Å²) in [5.74, 6) is 4.72. The number of nitrogens with one attached hydrogen (secondary N) is 1. The van der Waals surface area contributed by atoms with Crippen molar-refractivity contribution in [1.29, 1.82) is 0 Å². The third-order valence-electron chi connectivity index (χ3n) is 2.56. The van der Waals surface area contributed by atoms with E-state index in [4.69, 9.17) is 10.3 Å². The molecular weight excluding hydrogens is 226 g/mol. The molecule has 0 saturated carbocycles. The van der Waals surface area contributed by atoms with Crippen LogP contribution in [0.3, 0.4) is 0 Å². The molecule has 2 rings (SSSR count). The highest BCUT2D eigenvalue weighted by molar-refractivity contribution is 5.22. The van der Waals surface area contributed by atoms with Crippen LogP contribution in [0.4, 0.5) is 8.78 Å². The third-order valence-corrected chi connectivity index (χ3v) is 2.56. The number of rotatable bonds is 4. The average molecular weight is 238 g/mol. The fraction of sp³-hybridized carbons (Fsp3) is 0.167. The normalized spacial score (nSPS) is 12.6. The molecule has 90 valence electrons. The summed E-state index contributed by atoms with van der Waals surface area (Å²) in [6.45, 7) is 0. The Hall–Kier alpha value is -1.72. The highest BCUT2D eigenvalue weighted by Crippen LogP contribution is 2.21. The number of halogens is 2. The van der Waals surface area contributed by atoms with Crippen molar-refractivity contribution in [3.63, 3.8) is 0 Å². The Labute approximate surface area is 97.2 Å². The molecule has 1 atom stereocenters. The monoisotopic (exact) mass is 238 g/mol. The number of hydrogen-bond donors (Lipinski definition) is 2. The highest BCUT2D eigenvalue weighted by Gasteiger charge is 2.18. The van der Waals surface area contributed by atoms with Gasteiger partial charge < -0.3 is 4.42 Å². The number of hydrogen-bond acceptors (Lipinski definition) is 3. The Morgan fingerprint density at radius 2 is 1.88 bits per heavy atom. The SMILES string of the molecule is NNC(Cc1c(F)cccc1F)c1ccco1. The molecule has 0 aliphatic carbocycles. The minimum absolute atomic E-state index is 0.00755. The minimum Gasteiger partial charge on any atom is -0.468 e. The van der Waals surface area contributed by atoms with Crippen LogP contribution in [0.1, 0.15) is 17.4 Å². The quantitative estimate of drug-likeness (QED) is 0.634. The summed E-state index contributed by atoms with van der Waals surface area (Å²) in [6, 6.07) is 6.69. The van der Waals surface area contributed by atoms with Gasteiger partial charge in [0.15, 0.2) is 0 Å². The maximum Gasteiger partial charge on any atom is 0.129 e. The van der Waals surface area contributed by atoms with Gasteiger partial charge in [0, 0.05) is 12.0 Å². The van der Waals surface area contributed by atoms with Gasteiger partial charge in [0.2, 0.25) is 0 Å². The second-order valence-electron chi connectivity index (χ2n) is 3.64. The van der Waals surface area contributed by atoms with E-state index in [2.05, 4.69) is 5.43 Å². The van der Waals surface area contributed by atoms with Crippen LogP contribution < -0.4 is 11.3 Å². The lowest BCUT2D eigenvalue weighted by atomic mass is 10.0. The van der Waals surface area contributed by atoms with E-state index in [1.54, 1.807) is 12.1 Å². The van der Waals surface area contributed by atoms with Crippen LogP contribution in [-0.2, 0) is 6.42 Å². The molecule has 3 nitrogen and oxygen atoms in total. The van der Waals surface area contributed by atoms with Gasteiger partial charge in [-0.3, -0.25) is 5.84 Å². The van der Waals surface area contributed by atoms with Gasteiger partial charge in [-0.25, -0.2) is 14.2 Å². The van der Waals surface area contributed by atoms with Crippen molar-refractivity contribution in [1.82, 2.24) is 5.43 Å². The van der Waals surface area contributed by atoms with Gasteiger partial charge in [-0.2, -0.15) is 0 Å². The van der Waals surface area contributed by atoms with E-state index in [9.17, 15) is 8.78 Å². The molecule has 0 fully saturated rings. The Morgan fingerprint density at radius 3 is 2.41 bits per heavy atom. The maximum absolute atomic E-state index is 13.4. The largest absolute Gasteiger partial charge is 0.468 e. The van der Waals surface area contributed by atoms with Crippen LogP contribution in [-0.4, -0.2) is 0 Å². The summed E-state index contributed by atoms with van der Waals surface area (Å²) in [7, 11) is 0. The lowest BCUT2D eigenvalue weighted by Crippen LogP contribution is -2.29. The lowest BCUT2D eigenvalue weighted by Gasteiger charge is -2.14. The first-order valence-electron chi connectivity index (χ1n) is 5.14. The number of nitrogens with two attached hydrogens (primary N) is 1. The van der Waals surface area contributed by atoms with Crippen LogP contribution >= 0.6 is 0 Å². The molecule has 3 N–H and O–H groups in total. The summed E-state index contributed by atoms with van der Waals surface area (Å²) in [4.78, 5) is 0. The van der Waals surface area contributed by atoms with Crippen LogP contribution in [0.15, 0.2) is 41.0 Å². The molecule has 0 spiro atoms. The summed E-state index contributed by atoms with van der Waals surface area (Å²) in [6.07, 6.45) is 1.57. The van der Waals surface area contributed by atoms with Crippen LogP contribution in [0, 0.1) is 11.6 Å². The molecule has 1 unspecified atom stereocenters. The van der Waals surface area contributed by atoms with Crippen LogP contribution in [0.25, 0.3) is 0 Å². The fourth-order valence-corrected chi connectivity index (χ4v) is 1.66. The average Bonchev–Trinajstić information content (AvgIpc) is 2.82. The topological polar surface area (TPSA) is 51.2 Å². The summed E-state index contributed by atoms with van der Waals surface area (Å²) >= 11 is 0. The predicted octanol–water partition coefficient (Wildman–Crippen LogP) is 2.30. The van der Waals surface area contributed by atoms with Crippen molar-refractivity contribution >= 4 is 0 Å². The molecule has 0 radical (unpaired) electrons. The zero-order valence-corrected chi connectivity index (χ0v) is 8.99. The lowest BCUT2D eigenvalue weighted by molar-refractivity contribution is 0.406. The van der Waals surface area contributed by atoms with E-state index < -0.39 is 17.7 Å². The van der Waals surface area contributed by atoms with Crippen molar-refractivity contribution in [2.45, 2.75) is 12.5 Å². The highest BCUT2D eigenvalue weighted by atomic mass is 19.1. The van der Waals surface area contributed by atoms with Crippen molar-refractivity contribution in [3.05, 3.63) is 59.6 Å². The van der Waals surface area contributed by atoms with Gasteiger partial charge >= 0.3 is 0 Å². The molecule has 5 heteroatoms. The first-order valence-corrected chi connectivity index (χ1v) is 5.14. The second kappa shape index (κ2) is 5.07. The molecule has 0 aliphatic rings. The molecule has 1 heterocycles. The van der Waals surface area contributed by atoms with E-state index in [-0.39, 0.29) is 12.0 Å². The van der Waals surface area contributed by atoms with Gasteiger partial charge in [0.1, 0.15) is 17.4 Å². The van der Waals surface area contributed by atoms with Gasteiger partial charge in [0.25, 0.3) is 0 Å². The molecule has 1 aromatic heterocycles. The fourth-order valence-electron chi connectivity index (χ4n) is 1.66. The molecular formula is C12H12F2N2O. The predicted molar refractivity (Wildman–Crippen MR) is 58.8 cm³/mol. The Balaban J connectivity index is 2.25. The summed E-state index contributed by atoms with van der Waals surface area (Å²) in [5, 5.41) is 0. The first-order chi connectivity index (χ1) is 8.22. The zero-order chi connectivity index (χ0) is 12.3. The van der Waals surface area contributed by atoms with E-state index in [1.807, 2.05) is 0 Å². The van der Waals surface area contributed by atoms with Gasteiger partial charge in [-0.05, 0) is 24.3 Å². The van der Waals surface area contributed by atoms with E-state index in [0.29, 0.717) is 5.76 Å². The van der Waals surface area contributed by atoms with Gasteiger partial charge in [-0.15, -0.1) is 0 Å². The van der Waals surface area contributed by atoms with E-state index >= 15 is 0 Å². The number of hydrazine groups is 1. The van der Waals surface area contributed by atoms with Crippen molar-refractivity contribution in [2.75, 3.05) is 0 Å². The second-order valence-corrected chi connectivity index (χ2v) is 3.64. The molecule has 17 heavy (non-hydrogen) atoms. The summed E-state index contributed by atoms with van der Waals surface area (Å²) in [5.41, 5.74) is 2.47. The molecule has 0 saturated heterocycles. The zero-order valence-electron chi connectivity index (χ0n) is 8.99. The van der Waals surface area contributed by atoms with Gasteiger partial charge in [0.05, 0.1) is 12.3 Å². The van der Waals surface area contributed by atoms with E-state index in [1.165, 1.54) is 24.5 Å². The third kappa shape index (κ3) is 2.51. The first kappa shape index (κ1) is 11.8. The Bertz CT molecular complexity index is 465. The molecule has 0 bridgehead atoms. The molecule has 1 aromatic carbocycles. The standard InChI is InChI=1S/C12H12F2N2O/c13-9-3-1-4-10(14)8(9)7-11(16-15)12-5-2-6-17-12/h1-6,11,16H,7,15H2. The number of furan rings is 1. The molecule has 2 aromatic rings. The van der Waals surface area contributed by atoms with Crippen LogP contribution in [0.2, 0.25) is 0 Å². The van der Waals surface area contributed by atoms with Crippen molar-refractivity contribution in [3.8, 4) is 0 Å². The van der Waals surface area contributed by atoms with E-state index in [0.717, 1.165) is 0 Å². The maximum atomic E-state index is 13.4. The van der Waals surface area contributed by atoms with Crippen molar-refractivity contribution < 1.29 is 13.2 Å².